The predicted molar refractivity (Wildman–Crippen MR) is 69.7 cm³/mol. The summed E-state index contributed by atoms with van der Waals surface area (Å²) in [4.78, 5) is 2.20. The van der Waals surface area contributed by atoms with Gasteiger partial charge in [-0.3, -0.25) is 4.90 Å². The van der Waals surface area contributed by atoms with E-state index < -0.39 is 0 Å². The molecule has 0 radical (unpaired) electrons. The molecule has 1 fully saturated rings. The molecule has 0 saturated heterocycles. The molecule has 2 nitrogen and oxygen atoms in total. The first-order chi connectivity index (χ1) is 8.30. The topological polar surface area (TPSA) is 27.0 Å². The lowest BCUT2D eigenvalue weighted by molar-refractivity contribution is 0.262. The molecule has 0 bridgehead atoms. The minimum Gasteiger partial charge on any atom is -0.285 e. The average molecular weight is 228 g/mol. The molecule has 90 valence electrons. The van der Waals surface area contributed by atoms with Crippen molar-refractivity contribution in [1.82, 2.24) is 4.90 Å². The lowest BCUT2D eigenvalue weighted by Crippen LogP contribution is -2.27. The predicted octanol–water partition coefficient (Wildman–Crippen LogP) is 3.47. The summed E-state index contributed by atoms with van der Waals surface area (Å²) in [6.45, 7) is 6.06. The Morgan fingerprint density at radius 1 is 1.35 bits per heavy atom. The van der Waals surface area contributed by atoms with Crippen LogP contribution in [0.5, 0.6) is 0 Å². The zero-order chi connectivity index (χ0) is 12.3. The fourth-order valence-electron chi connectivity index (χ4n) is 2.36. The van der Waals surface area contributed by atoms with Crippen molar-refractivity contribution in [3.63, 3.8) is 0 Å². The highest BCUT2D eigenvalue weighted by Crippen LogP contribution is 2.40. The molecule has 1 aliphatic rings. The lowest BCUT2D eigenvalue weighted by atomic mass is 10.0. The average Bonchev–Trinajstić information content (AvgIpc) is 3.20. The summed E-state index contributed by atoms with van der Waals surface area (Å²) < 4.78 is 0. The number of rotatable bonds is 5. The third-order valence-electron chi connectivity index (χ3n) is 3.57. The second kappa shape index (κ2) is 5.33. The van der Waals surface area contributed by atoms with Crippen LogP contribution in [-0.2, 0) is 0 Å². The number of hydrogen-bond acceptors (Lipinski definition) is 2. The molecular weight excluding hydrogens is 208 g/mol. The van der Waals surface area contributed by atoms with E-state index in [0.717, 1.165) is 24.6 Å². The van der Waals surface area contributed by atoms with Crippen molar-refractivity contribution in [2.75, 3.05) is 13.1 Å². The Kier molecular flexibility index (Phi) is 3.81. The van der Waals surface area contributed by atoms with Crippen LogP contribution in [0.15, 0.2) is 24.3 Å². The first-order valence-corrected chi connectivity index (χ1v) is 6.53. The van der Waals surface area contributed by atoms with Crippen LogP contribution in [0, 0.1) is 11.3 Å². The van der Waals surface area contributed by atoms with E-state index in [-0.39, 0.29) is 6.04 Å². The molecule has 1 aromatic rings. The van der Waals surface area contributed by atoms with Crippen molar-refractivity contribution in [2.45, 2.75) is 38.6 Å². The van der Waals surface area contributed by atoms with Crippen LogP contribution in [-0.4, -0.2) is 18.0 Å². The first kappa shape index (κ1) is 12.1. The number of nitrogens with zero attached hydrogens (tertiary/aromatic N) is 2. The quantitative estimate of drug-likeness (QED) is 0.771. The molecule has 0 aromatic heterocycles. The van der Waals surface area contributed by atoms with E-state index >= 15 is 0 Å². The maximum absolute atomic E-state index is 9.37. The lowest BCUT2D eigenvalue weighted by Gasteiger charge is -2.24. The molecule has 2 rings (SSSR count). The van der Waals surface area contributed by atoms with Crippen LogP contribution in [0.3, 0.4) is 0 Å². The van der Waals surface area contributed by atoms with Crippen LogP contribution in [0.1, 0.15) is 49.8 Å². The van der Waals surface area contributed by atoms with E-state index in [9.17, 15) is 5.26 Å². The minimum atomic E-state index is -0.0938. The fourth-order valence-corrected chi connectivity index (χ4v) is 2.36. The van der Waals surface area contributed by atoms with Crippen LogP contribution in [0.25, 0.3) is 0 Å². The van der Waals surface area contributed by atoms with Crippen LogP contribution >= 0.6 is 0 Å². The Morgan fingerprint density at radius 2 is 2.06 bits per heavy atom. The van der Waals surface area contributed by atoms with Gasteiger partial charge in [0.1, 0.15) is 6.04 Å². The Balaban J connectivity index is 2.24. The monoisotopic (exact) mass is 228 g/mol. The molecule has 1 unspecified atom stereocenters. The molecular formula is C15H20N2. The Morgan fingerprint density at radius 3 is 2.59 bits per heavy atom. The Hall–Kier alpha value is -1.33. The van der Waals surface area contributed by atoms with Gasteiger partial charge in [0.15, 0.2) is 0 Å². The molecule has 0 amide bonds. The van der Waals surface area contributed by atoms with Gasteiger partial charge in [-0.25, -0.2) is 0 Å². The van der Waals surface area contributed by atoms with Gasteiger partial charge in [0.05, 0.1) is 6.07 Å². The Labute approximate surface area is 104 Å². The van der Waals surface area contributed by atoms with Gasteiger partial charge in [0.25, 0.3) is 0 Å². The molecule has 0 spiro atoms. The maximum Gasteiger partial charge on any atom is 0.123 e. The number of hydrogen-bond donors (Lipinski definition) is 0. The molecule has 1 aliphatic carbocycles. The van der Waals surface area contributed by atoms with Gasteiger partial charge in [0, 0.05) is 0 Å². The van der Waals surface area contributed by atoms with E-state index in [1.165, 1.54) is 18.4 Å². The zero-order valence-corrected chi connectivity index (χ0v) is 10.7. The van der Waals surface area contributed by atoms with Crippen molar-refractivity contribution in [3.8, 4) is 6.07 Å². The van der Waals surface area contributed by atoms with E-state index in [2.05, 4.69) is 49.1 Å². The van der Waals surface area contributed by atoms with E-state index in [0.29, 0.717) is 0 Å². The van der Waals surface area contributed by atoms with E-state index in [4.69, 9.17) is 0 Å². The zero-order valence-electron chi connectivity index (χ0n) is 10.7. The van der Waals surface area contributed by atoms with Gasteiger partial charge in [-0.05, 0) is 43.0 Å². The van der Waals surface area contributed by atoms with Gasteiger partial charge in [0.2, 0.25) is 0 Å². The highest BCUT2D eigenvalue weighted by molar-refractivity contribution is 5.33. The van der Waals surface area contributed by atoms with Crippen LogP contribution < -0.4 is 0 Å². The molecule has 0 heterocycles. The summed E-state index contributed by atoms with van der Waals surface area (Å²) in [5.74, 6) is 0.756. The first-order valence-electron chi connectivity index (χ1n) is 6.53. The van der Waals surface area contributed by atoms with Crippen molar-refractivity contribution in [2.24, 2.45) is 0 Å². The molecule has 0 N–H and O–H groups in total. The number of nitriles is 1. The van der Waals surface area contributed by atoms with Crippen molar-refractivity contribution in [3.05, 3.63) is 35.4 Å². The molecule has 17 heavy (non-hydrogen) atoms. The summed E-state index contributed by atoms with van der Waals surface area (Å²) in [5, 5.41) is 9.37. The summed E-state index contributed by atoms with van der Waals surface area (Å²) >= 11 is 0. The van der Waals surface area contributed by atoms with Gasteiger partial charge in [-0.2, -0.15) is 5.26 Å². The van der Waals surface area contributed by atoms with Gasteiger partial charge in [-0.15, -0.1) is 0 Å². The minimum absolute atomic E-state index is 0.0938. The van der Waals surface area contributed by atoms with Crippen molar-refractivity contribution >= 4 is 0 Å². The SMILES string of the molecule is CCN(CC)C(C#N)c1cccc(C2CC2)c1. The fraction of sp³-hybridized carbons (Fsp3) is 0.533. The Bertz CT molecular complexity index is 411. The smallest absolute Gasteiger partial charge is 0.123 e. The summed E-state index contributed by atoms with van der Waals surface area (Å²) in [7, 11) is 0. The van der Waals surface area contributed by atoms with Crippen molar-refractivity contribution in [1.29, 1.82) is 5.26 Å². The standard InChI is InChI=1S/C15H20N2/c1-3-17(4-2)15(11-16)14-7-5-6-13(10-14)12-8-9-12/h5-7,10,12,15H,3-4,8-9H2,1-2H3. The molecule has 1 aromatic carbocycles. The van der Waals surface area contributed by atoms with E-state index in [1.807, 2.05) is 0 Å². The highest BCUT2D eigenvalue weighted by Gasteiger charge is 2.25. The second-order valence-electron chi connectivity index (χ2n) is 4.70. The van der Waals surface area contributed by atoms with Crippen LogP contribution in [0.2, 0.25) is 0 Å². The van der Waals surface area contributed by atoms with Gasteiger partial charge >= 0.3 is 0 Å². The molecule has 1 saturated carbocycles. The largest absolute Gasteiger partial charge is 0.285 e. The highest BCUT2D eigenvalue weighted by atomic mass is 15.1. The molecule has 1 atom stereocenters. The second-order valence-corrected chi connectivity index (χ2v) is 4.70. The van der Waals surface area contributed by atoms with E-state index in [1.54, 1.807) is 0 Å². The van der Waals surface area contributed by atoms with Crippen LogP contribution in [0.4, 0.5) is 0 Å². The van der Waals surface area contributed by atoms with Crippen molar-refractivity contribution < 1.29 is 0 Å². The molecule has 2 heteroatoms. The number of benzene rings is 1. The normalized spacial score (nSPS) is 16.8. The van der Waals surface area contributed by atoms with Gasteiger partial charge in [-0.1, -0.05) is 38.1 Å². The summed E-state index contributed by atoms with van der Waals surface area (Å²) in [6.07, 6.45) is 2.62. The summed E-state index contributed by atoms with van der Waals surface area (Å²) in [6, 6.07) is 10.9. The summed E-state index contributed by atoms with van der Waals surface area (Å²) in [5.41, 5.74) is 2.57. The molecule has 0 aliphatic heterocycles. The maximum atomic E-state index is 9.37. The third-order valence-corrected chi connectivity index (χ3v) is 3.57. The third kappa shape index (κ3) is 2.68. The van der Waals surface area contributed by atoms with Gasteiger partial charge < -0.3 is 0 Å².